The van der Waals surface area contributed by atoms with Gasteiger partial charge in [-0.1, -0.05) is 37.8 Å². The van der Waals surface area contributed by atoms with Crippen molar-refractivity contribution in [3.63, 3.8) is 0 Å². The standard InChI is InChI=1S/C27H37NO4S2/c1-28(15-7-5-3-2-4-6-8-16-29)25-20-13-14-21(25)22(19-20)32-26(30)27(31,23-11-9-17-33-23)24-12-10-18-34-24/h9-12,16-18,20-22,25,31H,2-8,13-15,19H2,1H3/t20-,21+,22+,25-/m0/s1. The molecule has 0 spiro atoms. The zero-order valence-corrected chi connectivity index (χ0v) is 21.7. The number of aldehydes is 1. The van der Waals surface area contributed by atoms with Crippen LogP contribution in [-0.4, -0.2) is 48.0 Å². The fourth-order valence-corrected chi connectivity index (χ4v) is 7.73. The number of carbonyl (C=O) groups is 2. The van der Waals surface area contributed by atoms with E-state index >= 15 is 0 Å². The maximum atomic E-state index is 13.4. The van der Waals surface area contributed by atoms with Crippen molar-refractivity contribution in [2.24, 2.45) is 11.8 Å². The van der Waals surface area contributed by atoms with Gasteiger partial charge in [0.2, 0.25) is 5.60 Å². The van der Waals surface area contributed by atoms with Gasteiger partial charge in [-0.25, -0.2) is 4.79 Å². The Morgan fingerprint density at radius 3 is 2.35 bits per heavy atom. The third kappa shape index (κ3) is 5.48. The van der Waals surface area contributed by atoms with Crippen molar-refractivity contribution in [1.82, 2.24) is 4.90 Å². The Bertz CT molecular complexity index is 864. The van der Waals surface area contributed by atoms with Gasteiger partial charge < -0.3 is 19.5 Å². The molecule has 2 saturated carbocycles. The highest BCUT2D eigenvalue weighted by Gasteiger charge is 2.53. The average Bonchev–Trinajstić information content (AvgIpc) is 3.65. The van der Waals surface area contributed by atoms with Crippen LogP contribution in [0.1, 0.15) is 74.0 Å². The minimum atomic E-state index is -1.72. The molecule has 186 valence electrons. The molecule has 2 aromatic rings. The van der Waals surface area contributed by atoms with Crippen LogP contribution in [-0.2, 0) is 19.9 Å². The molecule has 2 aliphatic rings. The molecule has 4 rings (SSSR count). The molecule has 0 unspecified atom stereocenters. The minimum absolute atomic E-state index is 0.122. The van der Waals surface area contributed by atoms with Crippen molar-refractivity contribution < 1.29 is 19.4 Å². The van der Waals surface area contributed by atoms with E-state index in [0.29, 0.717) is 34.1 Å². The zero-order chi connectivity index (χ0) is 24.0. The van der Waals surface area contributed by atoms with E-state index in [1.54, 1.807) is 0 Å². The van der Waals surface area contributed by atoms with Gasteiger partial charge in [0.25, 0.3) is 0 Å². The van der Waals surface area contributed by atoms with E-state index in [1.165, 1.54) is 54.8 Å². The van der Waals surface area contributed by atoms with Crippen molar-refractivity contribution >= 4 is 34.9 Å². The Labute approximate surface area is 211 Å². The van der Waals surface area contributed by atoms with Crippen LogP contribution in [0.2, 0.25) is 0 Å². The van der Waals surface area contributed by atoms with E-state index < -0.39 is 11.6 Å². The highest BCUT2D eigenvalue weighted by molar-refractivity contribution is 7.12. The van der Waals surface area contributed by atoms with Crippen LogP contribution in [0.25, 0.3) is 0 Å². The number of carbonyl (C=O) groups excluding carboxylic acids is 2. The number of esters is 1. The highest BCUT2D eigenvalue weighted by Crippen LogP contribution is 2.49. The van der Waals surface area contributed by atoms with Gasteiger partial charge in [-0.2, -0.15) is 0 Å². The fourth-order valence-electron chi connectivity index (χ4n) is 6.02. The summed E-state index contributed by atoms with van der Waals surface area (Å²) in [7, 11) is 2.22. The van der Waals surface area contributed by atoms with E-state index in [4.69, 9.17) is 4.74 Å². The van der Waals surface area contributed by atoms with Crippen molar-refractivity contribution in [3.8, 4) is 0 Å². The number of aliphatic hydroxyl groups is 1. The van der Waals surface area contributed by atoms with Crippen molar-refractivity contribution in [2.45, 2.75) is 82.0 Å². The normalized spacial score (nSPS) is 24.1. The Balaban J connectivity index is 1.31. The predicted molar refractivity (Wildman–Crippen MR) is 137 cm³/mol. The maximum Gasteiger partial charge on any atom is 0.349 e. The number of fused-ring (bicyclic) bond motifs is 2. The first-order valence-corrected chi connectivity index (χ1v) is 14.5. The molecule has 2 heterocycles. The average molecular weight is 504 g/mol. The molecule has 2 fully saturated rings. The Kier molecular flexibility index (Phi) is 8.97. The Morgan fingerprint density at radius 2 is 1.74 bits per heavy atom. The summed E-state index contributed by atoms with van der Waals surface area (Å²) in [6, 6.07) is 7.80. The number of hydrogen-bond acceptors (Lipinski definition) is 7. The summed E-state index contributed by atoms with van der Waals surface area (Å²) >= 11 is 2.77. The van der Waals surface area contributed by atoms with E-state index in [9.17, 15) is 14.7 Å². The first-order chi connectivity index (χ1) is 16.6. The molecule has 0 radical (unpaired) electrons. The van der Waals surface area contributed by atoms with Gasteiger partial charge in [-0.3, -0.25) is 0 Å². The van der Waals surface area contributed by atoms with Gasteiger partial charge in [-0.15, -0.1) is 22.7 Å². The molecule has 0 aromatic carbocycles. The van der Waals surface area contributed by atoms with E-state index in [-0.39, 0.29) is 6.10 Å². The molecular formula is C27H37NO4S2. The number of thiophene rings is 2. The van der Waals surface area contributed by atoms with Crippen LogP contribution in [0, 0.1) is 11.8 Å². The molecule has 34 heavy (non-hydrogen) atoms. The van der Waals surface area contributed by atoms with Crippen molar-refractivity contribution in [2.75, 3.05) is 13.6 Å². The topological polar surface area (TPSA) is 66.8 Å². The van der Waals surface area contributed by atoms with Gasteiger partial charge >= 0.3 is 5.97 Å². The predicted octanol–water partition coefficient (Wildman–Crippen LogP) is 5.62. The smallest absolute Gasteiger partial charge is 0.349 e. The number of unbranched alkanes of at least 4 members (excludes halogenated alkanes) is 6. The summed E-state index contributed by atoms with van der Waals surface area (Å²) in [6.45, 7) is 1.07. The van der Waals surface area contributed by atoms with E-state index in [0.717, 1.165) is 38.5 Å². The summed E-state index contributed by atoms with van der Waals surface area (Å²) in [5.74, 6) is 0.372. The molecule has 4 atom stereocenters. The van der Waals surface area contributed by atoms with Crippen LogP contribution < -0.4 is 0 Å². The molecule has 2 bridgehead atoms. The SMILES string of the molecule is CN(CCCCCCCCC=O)[C@H]1[C@H]2CC[C@@H]1[C@H](OC(=O)C(O)(c1cccs1)c1cccs1)C2. The van der Waals surface area contributed by atoms with E-state index in [1.807, 2.05) is 35.0 Å². The molecule has 7 heteroatoms. The first-order valence-electron chi connectivity index (χ1n) is 12.7. The molecule has 5 nitrogen and oxygen atoms in total. The lowest BCUT2D eigenvalue weighted by molar-refractivity contribution is -0.170. The van der Waals surface area contributed by atoms with Crippen LogP contribution in [0.3, 0.4) is 0 Å². The quantitative estimate of drug-likeness (QED) is 0.206. The lowest BCUT2D eigenvalue weighted by atomic mass is 9.96. The van der Waals surface area contributed by atoms with Crippen LogP contribution >= 0.6 is 22.7 Å². The summed E-state index contributed by atoms with van der Waals surface area (Å²) in [5.41, 5.74) is -1.72. The Morgan fingerprint density at radius 1 is 1.09 bits per heavy atom. The lowest BCUT2D eigenvalue weighted by Crippen LogP contribution is -2.42. The fraction of sp³-hybridized carbons (Fsp3) is 0.630. The third-order valence-corrected chi connectivity index (χ3v) is 9.66. The Hall–Kier alpha value is -1.54. The molecule has 0 saturated heterocycles. The monoisotopic (exact) mass is 503 g/mol. The van der Waals surface area contributed by atoms with E-state index in [2.05, 4.69) is 11.9 Å². The van der Waals surface area contributed by atoms with Gasteiger partial charge in [0, 0.05) is 18.4 Å². The van der Waals surface area contributed by atoms with Crippen LogP contribution in [0.4, 0.5) is 0 Å². The first kappa shape index (κ1) is 25.5. The lowest BCUT2D eigenvalue weighted by Gasteiger charge is -2.31. The van der Waals surface area contributed by atoms with Gasteiger partial charge in [0.15, 0.2) is 0 Å². The van der Waals surface area contributed by atoms with Crippen molar-refractivity contribution in [1.29, 1.82) is 0 Å². The van der Waals surface area contributed by atoms with Crippen LogP contribution in [0.15, 0.2) is 35.0 Å². The third-order valence-electron chi connectivity index (χ3n) is 7.71. The van der Waals surface area contributed by atoms with Crippen LogP contribution in [0.5, 0.6) is 0 Å². The molecular weight excluding hydrogens is 466 g/mol. The molecule has 2 aromatic heterocycles. The second-order valence-corrected chi connectivity index (χ2v) is 11.8. The van der Waals surface area contributed by atoms with Crippen molar-refractivity contribution in [3.05, 3.63) is 44.8 Å². The molecule has 2 aliphatic carbocycles. The second-order valence-electron chi connectivity index (χ2n) is 9.89. The molecule has 0 amide bonds. The summed E-state index contributed by atoms with van der Waals surface area (Å²) < 4.78 is 6.10. The summed E-state index contributed by atoms with van der Waals surface area (Å²) in [4.78, 5) is 27.5. The largest absolute Gasteiger partial charge is 0.459 e. The highest BCUT2D eigenvalue weighted by atomic mass is 32.1. The number of hydrogen-bond donors (Lipinski definition) is 1. The molecule has 0 aliphatic heterocycles. The van der Waals surface area contributed by atoms with Gasteiger partial charge in [0.05, 0.1) is 9.75 Å². The maximum absolute atomic E-state index is 13.4. The summed E-state index contributed by atoms with van der Waals surface area (Å²) in [5, 5.41) is 15.3. The zero-order valence-electron chi connectivity index (χ0n) is 20.1. The number of nitrogens with zero attached hydrogens (tertiary/aromatic N) is 1. The second kappa shape index (κ2) is 11.9. The number of ether oxygens (including phenoxy) is 1. The molecule has 1 N–H and O–H groups in total. The van der Waals surface area contributed by atoms with Gasteiger partial charge in [0.1, 0.15) is 12.4 Å². The minimum Gasteiger partial charge on any atom is -0.459 e. The van der Waals surface area contributed by atoms with Gasteiger partial charge in [-0.05, 0) is 74.5 Å². The summed E-state index contributed by atoms with van der Waals surface area (Å²) in [6.07, 6.45) is 11.8. The number of rotatable bonds is 14.